The second-order valence-corrected chi connectivity index (χ2v) is 7.47. The van der Waals surface area contributed by atoms with Gasteiger partial charge < -0.3 is 10.2 Å². The van der Waals surface area contributed by atoms with Crippen molar-refractivity contribution >= 4 is 40.3 Å². The Labute approximate surface area is 181 Å². The lowest BCUT2D eigenvalue weighted by atomic mass is 10.2. The fraction of sp³-hybridized carbons (Fsp3) is 0.250. The van der Waals surface area contributed by atoms with E-state index in [4.69, 9.17) is 11.6 Å². The summed E-state index contributed by atoms with van der Waals surface area (Å²) in [5.41, 5.74) is -0.375. The molecule has 0 unspecified atom stereocenters. The number of nitrogens with one attached hydrogen (secondary N) is 1. The number of fused-ring (bicyclic) bond motifs is 1. The van der Waals surface area contributed by atoms with Crippen LogP contribution in [-0.2, 0) is 4.79 Å². The van der Waals surface area contributed by atoms with E-state index in [9.17, 15) is 19.7 Å². The van der Waals surface area contributed by atoms with Gasteiger partial charge in [-0.15, -0.1) is 0 Å². The Bertz CT molecular complexity index is 1210. The second kappa shape index (κ2) is 8.70. The normalized spacial score (nSPS) is 14.5. The number of benzene rings is 1. The molecule has 0 bridgehead atoms. The second-order valence-electron chi connectivity index (χ2n) is 7.07. The number of carbonyl (C=O) groups excluding carboxylic acids is 1. The Hall–Kier alpha value is -3.50. The van der Waals surface area contributed by atoms with Crippen LogP contribution in [0.5, 0.6) is 0 Å². The van der Waals surface area contributed by atoms with Gasteiger partial charge in [-0.3, -0.25) is 29.0 Å². The fourth-order valence-corrected chi connectivity index (χ4v) is 3.70. The number of nitrogens with zero attached hydrogens (tertiary/aromatic N) is 5. The highest BCUT2D eigenvalue weighted by Crippen LogP contribution is 2.24. The first-order valence-corrected chi connectivity index (χ1v) is 9.99. The number of piperazine rings is 1. The van der Waals surface area contributed by atoms with Gasteiger partial charge in [0.1, 0.15) is 5.65 Å². The summed E-state index contributed by atoms with van der Waals surface area (Å²) in [6.07, 6.45) is 1.46. The number of rotatable bonds is 5. The number of carbonyl (C=O) groups is 1. The molecule has 31 heavy (non-hydrogen) atoms. The smallest absolute Gasteiger partial charge is 0.348 e. The highest BCUT2D eigenvalue weighted by atomic mass is 35.5. The summed E-state index contributed by atoms with van der Waals surface area (Å²) >= 11 is 6.07. The molecule has 1 saturated heterocycles. The van der Waals surface area contributed by atoms with Crippen LogP contribution in [0.1, 0.15) is 0 Å². The Morgan fingerprint density at radius 1 is 1.13 bits per heavy atom. The van der Waals surface area contributed by atoms with Crippen LogP contribution in [0.25, 0.3) is 5.65 Å². The summed E-state index contributed by atoms with van der Waals surface area (Å²) in [4.78, 5) is 43.9. The van der Waals surface area contributed by atoms with Crippen LogP contribution in [0.2, 0.25) is 5.02 Å². The lowest BCUT2D eigenvalue weighted by Gasteiger charge is -2.34. The lowest BCUT2D eigenvalue weighted by Crippen LogP contribution is -2.49. The molecule has 1 fully saturated rings. The third kappa shape index (κ3) is 4.35. The van der Waals surface area contributed by atoms with Gasteiger partial charge in [0.15, 0.2) is 0 Å². The van der Waals surface area contributed by atoms with Gasteiger partial charge in [-0.1, -0.05) is 29.8 Å². The van der Waals surface area contributed by atoms with E-state index in [1.165, 1.54) is 6.20 Å². The minimum atomic E-state index is -0.716. The molecule has 4 rings (SSSR count). The van der Waals surface area contributed by atoms with Crippen molar-refractivity contribution in [3.63, 3.8) is 0 Å². The Morgan fingerprint density at radius 3 is 2.55 bits per heavy atom. The molecule has 0 spiro atoms. The van der Waals surface area contributed by atoms with Crippen LogP contribution in [0, 0.1) is 10.1 Å². The molecule has 1 amide bonds. The number of halogens is 1. The van der Waals surface area contributed by atoms with Crippen molar-refractivity contribution < 1.29 is 9.72 Å². The standard InChI is InChI=1S/C20H19ClN6O4/c21-14-5-1-2-6-15(14)22-17(28)13-24-9-11-25(12-10-24)19-18(27(30)31)20(29)26-8-4-3-7-16(26)23-19/h1-8H,9-13H2,(H,22,28). The topological polar surface area (TPSA) is 113 Å². The first-order chi connectivity index (χ1) is 14.9. The zero-order valence-electron chi connectivity index (χ0n) is 16.4. The van der Waals surface area contributed by atoms with Crippen molar-refractivity contribution in [1.29, 1.82) is 0 Å². The van der Waals surface area contributed by atoms with Gasteiger partial charge in [-0.05, 0) is 24.3 Å². The number of hydrogen-bond acceptors (Lipinski definition) is 7. The van der Waals surface area contributed by atoms with Crippen LogP contribution in [0.3, 0.4) is 0 Å². The molecule has 11 heteroatoms. The largest absolute Gasteiger partial charge is 0.376 e. The van der Waals surface area contributed by atoms with Gasteiger partial charge >= 0.3 is 11.2 Å². The van der Waals surface area contributed by atoms with E-state index < -0.39 is 16.2 Å². The van der Waals surface area contributed by atoms with E-state index in [0.29, 0.717) is 42.5 Å². The van der Waals surface area contributed by atoms with Crippen LogP contribution in [0.15, 0.2) is 53.5 Å². The zero-order chi connectivity index (χ0) is 22.0. The number of hydrogen-bond donors (Lipinski definition) is 1. The molecule has 1 aliphatic heterocycles. The van der Waals surface area contributed by atoms with Crippen molar-refractivity contribution in [1.82, 2.24) is 14.3 Å². The van der Waals surface area contributed by atoms with Crippen molar-refractivity contribution in [3.05, 3.63) is 74.2 Å². The number of para-hydroxylation sites is 1. The van der Waals surface area contributed by atoms with Crippen LogP contribution >= 0.6 is 11.6 Å². The molecular weight excluding hydrogens is 424 g/mol. The summed E-state index contributed by atoms with van der Waals surface area (Å²) in [7, 11) is 0. The summed E-state index contributed by atoms with van der Waals surface area (Å²) in [6.45, 7) is 1.94. The summed E-state index contributed by atoms with van der Waals surface area (Å²) in [5, 5.41) is 14.8. The average molecular weight is 443 g/mol. The van der Waals surface area contributed by atoms with E-state index in [1.54, 1.807) is 47.4 Å². The molecule has 10 nitrogen and oxygen atoms in total. The number of anilines is 2. The molecular formula is C20H19ClN6O4. The predicted octanol–water partition coefficient (Wildman–Crippen LogP) is 2.02. The SMILES string of the molecule is O=C(CN1CCN(c2nc3ccccn3c(=O)c2[N+](=O)[O-])CC1)Nc1ccccc1Cl. The van der Waals surface area contributed by atoms with Crippen molar-refractivity contribution in [2.45, 2.75) is 0 Å². The molecule has 160 valence electrons. The molecule has 0 aliphatic carbocycles. The summed E-state index contributed by atoms with van der Waals surface area (Å²) in [5.74, 6) is -0.143. The zero-order valence-corrected chi connectivity index (χ0v) is 17.2. The number of nitro groups is 1. The molecule has 1 aromatic carbocycles. The van der Waals surface area contributed by atoms with E-state index in [-0.39, 0.29) is 18.3 Å². The predicted molar refractivity (Wildman–Crippen MR) is 117 cm³/mol. The van der Waals surface area contributed by atoms with Crippen molar-refractivity contribution in [2.75, 3.05) is 42.9 Å². The lowest BCUT2D eigenvalue weighted by molar-refractivity contribution is -0.385. The van der Waals surface area contributed by atoms with Crippen molar-refractivity contribution in [2.24, 2.45) is 0 Å². The van der Waals surface area contributed by atoms with Gasteiger partial charge in [0.2, 0.25) is 11.7 Å². The van der Waals surface area contributed by atoms with E-state index in [0.717, 1.165) is 4.40 Å². The Morgan fingerprint density at radius 2 is 1.84 bits per heavy atom. The molecule has 0 saturated carbocycles. The maximum absolute atomic E-state index is 12.6. The minimum absolute atomic E-state index is 0.0568. The van der Waals surface area contributed by atoms with E-state index >= 15 is 0 Å². The maximum atomic E-state index is 12.6. The molecule has 0 atom stereocenters. The minimum Gasteiger partial charge on any atom is -0.348 e. The van der Waals surface area contributed by atoms with Crippen LogP contribution < -0.4 is 15.8 Å². The molecule has 1 aliphatic rings. The summed E-state index contributed by atoms with van der Waals surface area (Å²) in [6, 6.07) is 11.9. The van der Waals surface area contributed by atoms with Gasteiger partial charge in [-0.25, -0.2) is 4.98 Å². The van der Waals surface area contributed by atoms with Gasteiger partial charge in [0.05, 0.1) is 22.2 Å². The molecule has 3 aromatic rings. The average Bonchev–Trinajstić information content (AvgIpc) is 2.75. The molecule has 3 heterocycles. The molecule has 1 N–H and O–H groups in total. The maximum Gasteiger partial charge on any atom is 0.376 e. The highest BCUT2D eigenvalue weighted by molar-refractivity contribution is 6.33. The Balaban J connectivity index is 1.46. The highest BCUT2D eigenvalue weighted by Gasteiger charge is 2.30. The Kier molecular flexibility index (Phi) is 5.83. The monoisotopic (exact) mass is 442 g/mol. The molecule has 0 radical (unpaired) electrons. The molecule has 2 aromatic heterocycles. The van der Waals surface area contributed by atoms with Crippen LogP contribution in [-0.4, -0.2) is 57.8 Å². The van der Waals surface area contributed by atoms with Gasteiger partial charge in [0.25, 0.3) is 0 Å². The number of pyridine rings is 1. The fourth-order valence-electron chi connectivity index (χ4n) is 3.52. The summed E-state index contributed by atoms with van der Waals surface area (Å²) < 4.78 is 1.16. The first kappa shape index (κ1) is 20.8. The third-order valence-electron chi connectivity index (χ3n) is 5.06. The number of amides is 1. The first-order valence-electron chi connectivity index (χ1n) is 9.61. The third-order valence-corrected chi connectivity index (χ3v) is 5.39. The van der Waals surface area contributed by atoms with E-state index in [1.807, 2.05) is 4.90 Å². The van der Waals surface area contributed by atoms with Gasteiger partial charge in [-0.2, -0.15) is 0 Å². The van der Waals surface area contributed by atoms with Crippen molar-refractivity contribution in [3.8, 4) is 0 Å². The number of aromatic nitrogens is 2. The van der Waals surface area contributed by atoms with Gasteiger partial charge in [0, 0.05) is 32.4 Å². The van der Waals surface area contributed by atoms with Crippen LogP contribution in [0.4, 0.5) is 17.2 Å². The van der Waals surface area contributed by atoms with E-state index in [2.05, 4.69) is 10.3 Å². The quantitative estimate of drug-likeness (QED) is 0.475.